The van der Waals surface area contributed by atoms with E-state index in [2.05, 4.69) is 19.2 Å². The van der Waals surface area contributed by atoms with Crippen LogP contribution in [0.5, 0.6) is 0 Å². The molecule has 15 heavy (non-hydrogen) atoms. The van der Waals surface area contributed by atoms with Gasteiger partial charge in [-0.05, 0) is 32.1 Å². The Morgan fingerprint density at radius 2 is 2.07 bits per heavy atom. The molecule has 0 radical (unpaired) electrons. The summed E-state index contributed by atoms with van der Waals surface area (Å²) in [7, 11) is 0. The molecule has 0 saturated heterocycles. The molecule has 1 fully saturated rings. The van der Waals surface area contributed by atoms with E-state index in [0.29, 0.717) is 0 Å². The highest BCUT2D eigenvalue weighted by Crippen LogP contribution is 2.42. The van der Waals surface area contributed by atoms with Crippen LogP contribution in [0.1, 0.15) is 47.0 Å². The van der Waals surface area contributed by atoms with Crippen LogP contribution in [0.25, 0.3) is 0 Å². The van der Waals surface area contributed by atoms with Crippen molar-refractivity contribution in [3.05, 3.63) is 0 Å². The van der Waals surface area contributed by atoms with Crippen molar-refractivity contribution in [3.63, 3.8) is 0 Å². The molecule has 0 heterocycles. The summed E-state index contributed by atoms with van der Waals surface area (Å²) in [5.74, 6) is 0.341. The van der Waals surface area contributed by atoms with Gasteiger partial charge >= 0.3 is 0 Å². The zero-order chi connectivity index (χ0) is 11.6. The fourth-order valence-corrected chi connectivity index (χ4v) is 2.32. The molecule has 3 heteroatoms. The molecule has 0 aliphatic heterocycles. The van der Waals surface area contributed by atoms with Gasteiger partial charge in [0.1, 0.15) is 0 Å². The van der Waals surface area contributed by atoms with E-state index in [-0.39, 0.29) is 28.7 Å². The Labute approximate surface area is 97.8 Å². The van der Waals surface area contributed by atoms with E-state index in [1.165, 1.54) is 0 Å². The van der Waals surface area contributed by atoms with Crippen molar-refractivity contribution in [1.82, 2.24) is 5.32 Å². The lowest BCUT2D eigenvalue weighted by molar-refractivity contribution is -0.128. The molecule has 2 nitrogen and oxygen atoms in total. The molecule has 0 aromatic rings. The molecule has 3 unspecified atom stereocenters. The van der Waals surface area contributed by atoms with Gasteiger partial charge in [-0.3, -0.25) is 4.79 Å². The van der Waals surface area contributed by atoms with Crippen molar-refractivity contribution in [1.29, 1.82) is 0 Å². The highest BCUT2D eigenvalue weighted by Gasteiger charge is 2.39. The van der Waals surface area contributed by atoms with E-state index in [1.807, 2.05) is 13.8 Å². The van der Waals surface area contributed by atoms with Gasteiger partial charge in [0, 0.05) is 12.0 Å². The summed E-state index contributed by atoms with van der Waals surface area (Å²) < 4.78 is 0. The minimum absolute atomic E-state index is 0.0153. The average molecular weight is 232 g/mol. The molecule has 1 amide bonds. The second kappa shape index (κ2) is 4.73. The first-order valence-corrected chi connectivity index (χ1v) is 6.22. The third-order valence-electron chi connectivity index (χ3n) is 3.63. The lowest BCUT2D eigenvalue weighted by atomic mass is 9.81. The van der Waals surface area contributed by atoms with Crippen LogP contribution in [0.15, 0.2) is 0 Å². The fraction of sp³-hybridized carbons (Fsp3) is 0.917. The quantitative estimate of drug-likeness (QED) is 0.744. The number of hydrogen-bond donors (Lipinski definition) is 1. The van der Waals surface area contributed by atoms with E-state index >= 15 is 0 Å². The molecule has 1 rings (SSSR count). The number of nitrogens with one attached hydrogen (secondary N) is 1. The molecular formula is C12H22ClNO. The molecule has 1 aliphatic rings. The van der Waals surface area contributed by atoms with Gasteiger partial charge in [-0.1, -0.05) is 20.3 Å². The van der Waals surface area contributed by atoms with Crippen LogP contribution in [0.4, 0.5) is 0 Å². The van der Waals surface area contributed by atoms with Crippen LogP contribution in [0.2, 0.25) is 0 Å². The van der Waals surface area contributed by atoms with Crippen LogP contribution in [0, 0.1) is 11.3 Å². The van der Waals surface area contributed by atoms with Gasteiger partial charge in [-0.25, -0.2) is 0 Å². The second-order valence-corrected chi connectivity index (χ2v) is 6.10. The number of carbonyl (C=O) groups is 1. The lowest BCUT2D eigenvalue weighted by Crippen LogP contribution is -2.43. The highest BCUT2D eigenvalue weighted by molar-refractivity contribution is 6.20. The summed E-state index contributed by atoms with van der Waals surface area (Å²) >= 11 is 5.94. The summed E-state index contributed by atoms with van der Waals surface area (Å²) in [5.41, 5.74) is 0.152. The van der Waals surface area contributed by atoms with E-state index in [9.17, 15) is 4.79 Å². The normalized spacial score (nSPS) is 28.5. The number of hydrogen-bond acceptors (Lipinski definition) is 1. The molecule has 1 saturated carbocycles. The van der Waals surface area contributed by atoms with Crippen LogP contribution >= 0.6 is 11.6 Å². The molecule has 0 spiro atoms. The Morgan fingerprint density at radius 3 is 2.47 bits per heavy atom. The van der Waals surface area contributed by atoms with Gasteiger partial charge in [-0.15, -0.1) is 11.6 Å². The standard InChI is InChI=1S/C12H22ClNO/c1-8(13)9(2)14-11(15)10-6-5-7-12(10,3)4/h8-10H,5-7H2,1-4H3,(H,14,15). The summed E-state index contributed by atoms with van der Waals surface area (Å²) in [6.07, 6.45) is 3.33. The maximum atomic E-state index is 12.0. The van der Waals surface area contributed by atoms with Gasteiger partial charge in [0.25, 0.3) is 0 Å². The Morgan fingerprint density at radius 1 is 1.47 bits per heavy atom. The number of rotatable bonds is 3. The zero-order valence-electron chi connectivity index (χ0n) is 10.1. The Hall–Kier alpha value is -0.240. The third-order valence-corrected chi connectivity index (χ3v) is 4.01. The van der Waals surface area contributed by atoms with Crippen LogP contribution in [-0.4, -0.2) is 17.3 Å². The van der Waals surface area contributed by atoms with E-state index < -0.39 is 0 Å². The predicted molar refractivity (Wildman–Crippen MR) is 64.0 cm³/mol. The molecule has 88 valence electrons. The van der Waals surface area contributed by atoms with Crippen molar-refractivity contribution >= 4 is 17.5 Å². The summed E-state index contributed by atoms with van der Waals surface area (Å²) in [5, 5.41) is 2.99. The molecule has 0 aromatic heterocycles. The Balaban J connectivity index is 2.54. The summed E-state index contributed by atoms with van der Waals surface area (Å²) in [6.45, 7) is 8.22. The maximum absolute atomic E-state index is 12.0. The van der Waals surface area contributed by atoms with Crippen LogP contribution in [0.3, 0.4) is 0 Å². The first-order valence-electron chi connectivity index (χ1n) is 5.79. The topological polar surface area (TPSA) is 29.1 Å². The molecular weight excluding hydrogens is 210 g/mol. The SMILES string of the molecule is CC(Cl)C(C)NC(=O)C1CCCC1(C)C. The molecule has 3 atom stereocenters. The van der Waals surface area contributed by atoms with Crippen molar-refractivity contribution in [2.45, 2.75) is 58.4 Å². The number of amides is 1. The van der Waals surface area contributed by atoms with Crippen LogP contribution < -0.4 is 5.32 Å². The van der Waals surface area contributed by atoms with Crippen LogP contribution in [-0.2, 0) is 4.79 Å². The Bertz CT molecular complexity index is 238. The van der Waals surface area contributed by atoms with Crippen molar-refractivity contribution in [3.8, 4) is 0 Å². The average Bonchev–Trinajstić information content (AvgIpc) is 2.44. The fourth-order valence-electron chi connectivity index (χ4n) is 2.25. The molecule has 0 aromatic carbocycles. The first-order chi connectivity index (χ1) is 6.84. The zero-order valence-corrected chi connectivity index (χ0v) is 10.9. The number of halogens is 1. The number of alkyl halides is 1. The molecule has 1 N–H and O–H groups in total. The number of carbonyl (C=O) groups excluding carboxylic acids is 1. The van der Waals surface area contributed by atoms with Gasteiger partial charge in [0.15, 0.2) is 0 Å². The monoisotopic (exact) mass is 231 g/mol. The lowest BCUT2D eigenvalue weighted by Gasteiger charge is -2.28. The minimum Gasteiger partial charge on any atom is -0.352 e. The molecule has 1 aliphatic carbocycles. The second-order valence-electron chi connectivity index (χ2n) is 5.41. The van der Waals surface area contributed by atoms with Crippen molar-refractivity contribution in [2.75, 3.05) is 0 Å². The van der Waals surface area contributed by atoms with Crippen molar-refractivity contribution in [2.24, 2.45) is 11.3 Å². The maximum Gasteiger partial charge on any atom is 0.223 e. The smallest absolute Gasteiger partial charge is 0.223 e. The highest BCUT2D eigenvalue weighted by atomic mass is 35.5. The van der Waals surface area contributed by atoms with E-state index in [4.69, 9.17) is 11.6 Å². The predicted octanol–water partition coefficient (Wildman–Crippen LogP) is 2.94. The van der Waals surface area contributed by atoms with Gasteiger partial charge in [0.2, 0.25) is 5.91 Å². The minimum atomic E-state index is -0.0153. The summed E-state index contributed by atoms with van der Waals surface area (Å²) in [4.78, 5) is 12.0. The Kier molecular flexibility index (Phi) is 4.05. The van der Waals surface area contributed by atoms with Gasteiger partial charge in [-0.2, -0.15) is 0 Å². The van der Waals surface area contributed by atoms with Crippen molar-refractivity contribution < 1.29 is 4.79 Å². The third kappa shape index (κ3) is 3.10. The van der Waals surface area contributed by atoms with Gasteiger partial charge in [0.05, 0.1) is 5.38 Å². The van der Waals surface area contributed by atoms with E-state index in [1.54, 1.807) is 0 Å². The largest absolute Gasteiger partial charge is 0.352 e. The molecule has 0 bridgehead atoms. The van der Waals surface area contributed by atoms with Gasteiger partial charge < -0.3 is 5.32 Å². The first kappa shape index (κ1) is 12.8. The van der Waals surface area contributed by atoms with E-state index in [0.717, 1.165) is 19.3 Å². The summed E-state index contributed by atoms with van der Waals surface area (Å²) in [6, 6.07) is 0.0515.